The number of para-hydroxylation sites is 1. The van der Waals surface area contributed by atoms with Crippen LogP contribution in [0.5, 0.6) is 5.75 Å². The lowest BCUT2D eigenvalue weighted by atomic mass is 9.93. The van der Waals surface area contributed by atoms with E-state index in [1.54, 1.807) is 0 Å². The van der Waals surface area contributed by atoms with Crippen molar-refractivity contribution in [2.24, 2.45) is 0 Å². The van der Waals surface area contributed by atoms with Gasteiger partial charge in [0.15, 0.2) is 0 Å². The van der Waals surface area contributed by atoms with Crippen molar-refractivity contribution < 1.29 is 4.74 Å². The molecule has 1 atom stereocenters. The second-order valence-electron chi connectivity index (χ2n) is 4.85. The smallest absolute Gasteiger partial charge is 0.122 e. The second-order valence-corrected chi connectivity index (χ2v) is 6.05. The lowest BCUT2D eigenvalue weighted by Gasteiger charge is -2.26. The molecule has 0 saturated heterocycles. The van der Waals surface area contributed by atoms with Gasteiger partial charge in [-0.25, -0.2) is 0 Å². The highest BCUT2D eigenvalue weighted by molar-refractivity contribution is 9.10. The first-order valence-electron chi connectivity index (χ1n) is 6.65. The first-order valence-corrected chi connectivity index (χ1v) is 7.82. The van der Waals surface area contributed by atoms with E-state index in [9.17, 15) is 0 Å². The normalized spacial score (nSPS) is 17.2. The number of anilines is 1. The van der Waals surface area contributed by atoms with E-state index in [1.807, 2.05) is 30.3 Å². The molecule has 104 valence electrons. The van der Waals surface area contributed by atoms with Crippen LogP contribution in [-0.2, 0) is 0 Å². The summed E-state index contributed by atoms with van der Waals surface area (Å²) >= 11 is 9.63. The molecule has 0 amide bonds. The molecule has 0 bridgehead atoms. The van der Waals surface area contributed by atoms with E-state index in [0.717, 1.165) is 40.5 Å². The molecule has 20 heavy (non-hydrogen) atoms. The molecule has 1 aliphatic heterocycles. The van der Waals surface area contributed by atoms with E-state index in [1.165, 1.54) is 5.56 Å². The van der Waals surface area contributed by atoms with Crippen molar-refractivity contribution in [3.8, 4) is 5.75 Å². The van der Waals surface area contributed by atoms with E-state index >= 15 is 0 Å². The molecule has 1 heterocycles. The van der Waals surface area contributed by atoms with Crippen LogP contribution >= 0.6 is 27.5 Å². The Hall–Kier alpha value is -1.19. The SMILES string of the molecule is Clc1cccc(NCC2CCOc3ccccc32)c1Br. The van der Waals surface area contributed by atoms with Gasteiger partial charge in [0, 0.05) is 18.2 Å². The molecular weight excluding hydrogens is 338 g/mol. The maximum atomic E-state index is 6.11. The van der Waals surface area contributed by atoms with Crippen LogP contribution in [0.1, 0.15) is 17.9 Å². The Kier molecular flexibility index (Phi) is 4.18. The minimum atomic E-state index is 0.464. The Balaban J connectivity index is 1.75. The number of hydrogen-bond donors (Lipinski definition) is 1. The molecule has 0 spiro atoms. The maximum absolute atomic E-state index is 6.11. The third-order valence-corrected chi connectivity index (χ3v) is 4.97. The van der Waals surface area contributed by atoms with Crippen molar-refractivity contribution in [1.29, 1.82) is 0 Å². The van der Waals surface area contributed by atoms with Gasteiger partial charge in [0.25, 0.3) is 0 Å². The number of ether oxygens (including phenoxy) is 1. The summed E-state index contributed by atoms with van der Waals surface area (Å²) in [4.78, 5) is 0. The lowest BCUT2D eigenvalue weighted by Crippen LogP contribution is -2.20. The molecular formula is C16H15BrClNO. The van der Waals surface area contributed by atoms with Gasteiger partial charge in [0.2, 0.25) is 0 Å². The lowest BCUT2D eigenvalue weighted by molar-refractivity contribution is 0.270. The van der Waals surface area contributed by atoms with E-state index in [4.69, 9.17) is 16.3 Å². The molecule has 0 aliphatic carbocycles. The number of halogens is 2. The second kappa shape index (κ2) is 6.06. The number of nitrogens with one attached hydrogen (secondary N) is 1. The summed E-state index contributed by atoms with van der Waals surface area (Å²) in [6.07, 6.45) is 1.03. The number of benzene rings is 2. The monoisotopic (exact) mass is 351 g/mol. The molecule has 0 aromatic heterocycles. The van der Waals surface area contributed by atoms with E-state index in [0.29, 0.717) is 5.92 Å². The topological polar surface area (TPSA) is 21.3 Å². The van der Waals surface area contributed by atoms with Crippen LogP contribution in [0.3, 0.4) is 0 Å². The quantitative estimate of drug-likeness (QED) is 0.831. The van der Waals surface area contributed by atoms with Gasteiger partial charge in [0.1, 0.15) is 5.75 Å². The molecule has 2 nitrogen and oxygen atoms in total. The molecule has 1 unspecified atom stereocenters. The maximum Gasteiger partial charge on any atom is 0.122 e. The molecule has 0 fully saturated rings. The van der Waals surface area contributed by atoms with Crippen molar-refractivity contribution in [3.63, 3.8) is 0 Å². The molecule has 1 N–H and O–H groups in total. The average Bonchev–Trinajstić information content (AvgIpc) is 2.49. The highest BCUT2D eigenvalue weighted by Gasteiger charge is 2.20. The third kappa shape index (κ3) is 2.79. The summed E-state index contributed by atoms with van der Waals surface area (Å²) in [5, 5.41) is 4.20. The van der Waals surface area contributed by atoms with Gasteiger partial charge >= 0.3 is 0 Å². The Labute approximate surface area is 132 Å². The van der Waals surface area contributed by atoms with Crippen molar-refractivity contribution in [3.05, 3.63) is 57.5 Å². The summed E-state index contributed by atoms with van der Waals surface area (Å²) < 4.78 is 6.61. The minimum absolute atomic E-state index is 0.464. The standard InChI is InChI=1S/C16H15BrClNO/c17-16-13(18)5-3-6-14(16)19-10-11-8-9-20-15-7-2-1-4-12(11)15/h1-7,11,19H,8-10H2. The summed E-state index contributed by atoms with van der Waals surface area (Å²) in [5.41, 5.74) is 2.31. The minimum Gasteiger partial charge on any atom is -0.493 e. The first-order chi connectivity index (χ1) is 9.75. The zero-order valence-corrected chi connectivity index (χ0v) is 13.2. The van der Waals surface area contributed by atoms with Gasteiger partial charge in [-0.3, -0.25) is 0 Å². The zero-order chi connectivity index (χ0) is 13.9. The van der Waals surface area contributed by atoms with Crippen molar-refractivity contribution in [1.82, 2.24) is 0 Å². The van der Waals surface area contributed by atoms with Crippen LogP contribution in [-0.4, -0.2) is 13.2 Å². The summed E-state index contributed by atoms with van der Waals surface area (Å²) in [5.74, 6) is 1.47. The van der Waals surface area contributed by atoms with Gasteiger partial charge in [-0.2, -0.15) is 0 Å². The van der Waals surface area contributed by atoms with E-state index in [-0.39, 0.29) is 0 Å². The molecule has 2 aromatic carbocycles. The zero-order valence-electron chi connectivity index (χ0n) is 10.9. The number of hydrogen-bond acceptors (Lipinski definition) is 2. The fourth-order valence-electron chi connectivity index (χ4n) is 2.50. The Morgan fingerprint density at radius 1 is 1.20 bits per heavy atom. The highest BCUT2D eigenvalue weighted by Crippen LogP contribution is 2.35. The fourth-order valence-corrected chi connectivity index (χ4v) is 3.08. The third-order valence-electron chi connectivity index (χ3n) is 3.57. The Bertz CT molecular complexity index is 617. The molecule has 2 aromatic rings. The van der Waals surface area contributed by atoms with Crippen LogP contribution < -0.4 is 10.1 Å². The molecule has 4 heteroatoms. The molecule has 1 aliphatic rings. The van der Waals surface area contributed by atoms with Gasteiger partial charge in [-0.05, 0) is 46.1 Å². The van der Waals surface area contributed by atoms with Crippen LogP contribution in [0.15, 0.2) is 46.9 Å². The summed E-state index contributed by atoms with van der Waals surface area (Å²) in [6.45, 7) is 1.65. The predicted molar refractivity (Wildman–Crippen MR) is 86.9 cm³/mol. The van der Waals surface area contributed by atoms with Gasteiger partial charge in [-0.1, -0.05) is 35.9 Å². The van der Waals surface area contributed by atoms with Crippen LogP contribution in [0.4, 0.5) is 5.69 Å². The molecule has 0 saturated carbocycles. The van der Waals surface area contributed by atoms with Crippen LogP contribution in [0.2, 0.25) is 5.02 Å². The summed E-state index contributed by atoms with van der Waals surface area (Å²) in [7, 11) is 0. The first kappa shape index (κ1) is 13.8. The molecule has 0 radical (unpaired) electrons. The van der Waals surface area contributed by atoms with Crippen molar-refractivity contribution in [2.75, 3.05) is 18.5 Å². The number of fused-ring (bicyclic) bond motifs is 1. The van der Waals surface area contributed by atoms with E-state index < -0.39 is 0 Å². The number of rotatable bonds is 3. The largest absolute Gasteiger partial charge is 0.493 e. The Morgan fingerprint density at radius 2 is 2.05 bits per heavy atom. The summed E-state index contributed by atoms with van der Waals surface area (Å²) in [6, 6.07) is 14.1. The van der Waals surface area contributed by atoms with Crippen molar-refractivity contribution >= 4 is 33.2 Å². The van der Waals surface area contributed by atoms with Crippen LogP contribution in [0, 0.1) is 0 Å². The fraction of sp³-hybridized carbons (Fsp3) is 0.250. The Morgan fingerprint density at radius 3 is 2.95 bits per heavy atom. The predicted octanol–water partition coefficient (Wildman–Crippen LogP) is 5.08. The highest BCUT2D eigenvalue weighted by atomic mass is 79.9. The van der Waals surface area contributed by atoms with Crippen molar-refractivity contribution in [2.45, 2.75) is 12.3 Å². The van der Waals surface area contributed by atoms with Crippen LogP contribution in [0.25, 0.3) is 0 Å². The van der Waals surface area contributed by atoms with Gasteiger partial charge in [-0.15, -0.1) is 0 Å². The average molecular weight is 353 g/mol. The molecule has 3 rings (SSSR count). The van der Waals surface area contributed by atoms with E-state index in [2.05, 4.69) is 33.4 Å². The van der Waals surface area contributed by atoms with Gasteiger partial charge < -0.3 is 10.1 Å². The van der Waals surface area contributed by atoms with Gasteiger partial charge in [0.05, 0.1) is 16.1 Å².